The van der Waals surface area contributed by atoms with E-state index in [2.05, 4.69) is 30.2 Å². The van der Waals surface area contributed by atoms with Crippen molar-refractivity contribution in [3.8, 4) is 0 Å². The van der Waals surface area contributed by atoms with E-state index in [0.29, 0.717) is 11.8 Å². The van der Waals surface area contributed by atoms with Crippen LogP contribution in [0.3, 0.4) is 0 Å². The largest absolute Gasteiger partial charge is 0.509 e. The molecule has 1 rings (SSSR count). The fourth-order valence-electron chi connectivity index (χ4n) is 3.06. The van der Waals surface area contributed by atoms with Gasteiger partial charge in [0.05, 0.1) is 20.6 Å². The standard InChI is InChI=1S/C17H28O7/c1-10(2)12-7-6-11(3)8-13(12)23-17(20)24-14(16(19)22-5)9-15(18)21-4/h10-14H,6-9H2,1-5H3/t11-,12+,13-,14-/m1/s1. The van der Waals surface area contributed by atoms with Crippen LogP contribution in [0.25, 0.3) is 0 Å². The summed E-state index contributed by atoms with van der Waals surface area (Å²) in [7, 11) is 2.34. The number of rotatable bonds is 6. The van der Waals surface area contributed by atoms with Gasteiger partial charge in [0.15, 0.2) is 0 Å². The predicted octanol–water partition coefficient (Wildman–Crippen LogP) is 2.71. The first kappa shape index (κ1) is 20.3. The molecule has 1 aliphatic carbocycles. The van der Waals surface area contributed by atoms with E-state index in [1.165, 1.54) is 7.11 Å². The Labute approximate surface area is 143 Å². The molecule has 0 amide bonds. The molecule has 0 radical (unpaired) electrons. The zero-order valence-electron chi connectivity index (χ0n) is 15.1. The average Bonchev–Trinajstić information content (AvgIpc) is 2.52. The molecule has 24 heavy (non-hydrogen) atoms. The lowest BCUT2D eigenvalue weighted by Crippen LogP contribution is -2.38. The van der Waals surface area contributed by atoms with Crippen molar-refractivity contribution < 1.29 is 33.3 Å². The van der Waals surface area contributed by atoms with Gasteiger partial charge in [0, 0.05) is 0 Å². The molecule has 4 atom stereocenters. The van der Waals surface area contributed by atoms with Crippen molar-refractivity contribution >= 4 is 18.1 Å². The van der Waals surface area contributed by atoms with Gasteiger partial charge in [0.2, 0.25) is 6.10 Å². The van der Waals surface area contributed by atoms with Crippen LogP contribution in [0.4, 0.5) is 4.79 Å². The molecule has 0 aromatic rings. The molecule has 138 valence electrons. The fourth-order valence-corrected chi connectivity index (χ4v) is 3.06. The number of ether oxygens (including phenoxy) is 4. The number of hydrogen-bond donors (Lipinski definition) is 0. The Hall–Kier alpha value is -1.79. The summed E-state index contributed by atoms with van der Waals surface area (Å²) in [4.78, 5) is 35.1. The van der Waals surface area contributed by atoms with Crippen molar-refractivity contribution in [2.45, 2.75) is 58.7 Å². The lowest BCUT2D eigenvalue weighted by molar-refractivity contribution is -0.159. The van der Waals surface area contributed by atoms with Gasteiger partial charge in [-0.1, -0.05) is 27.2 Å². The smallest absolute Gasteiger partial charge is 0.469 e. The summed E-state index contributed by atoms with van der Waals surface area (Å²) >= 11 is 0. The third-order valence-electron chi connectivity index (χ3n) is 4.49. The van der Waals surface area contributed by atoms with Gasteiger partial charge in [-0.05, 0) is 30.6 Å². The SMILES string of the molecule is COC(=O)C[C@@H](OC(=O)O[C@@H]1C[C@H](C)CC[C@H]1C(C)C)C(=O)OC. The molecule has 0 aromatic carbocycles. The average molecular weight is 344 g/mol. The summed E-state index contributed by atoms with van der Waals surface area (Å²) < 4.78 is 19.5. The predicted molar refractivity (Wildman–Crippen MR) is 85.1 cm³/mol. The molecule has 0 saturated heterocycles. The van der Waals surface area contributed by atoms with Gasteiger partial charge in [-0.2, -0.15) is 0 Å². The highest BCUT2D eigenvalue weighted by molar-refractivity contribution is 5.83. The minimum absolute atomic E-state index is 0.252. The molecule has 0 N–H and O–H groups in total. The number of methoxy groups -OCH3 is 2. The second kappa shape index (κ2) is 9.49. The molecular weight excluding hydrogens is 316 g/mol. The number of hydrogen-bond acceptors (Lipinski definition) is 7. The highest BCUT2D eigenvalue weighted by Gasteiger charge is 2.35. The third kappa shape index (κ3) is 6.02. The van der Waals surface area contributed by atoms with Crippen LogP contribution in [0.2, 0.25) is 0 Å². The van der Waals surface area contributed by atoms with Crippen molar-refractivity contribution in [2.24, 2.45) is 17.8 Å². The van der Waals surface area contributed by atoms with E-state index >= 15 is 0 Å². The Bertz CT molecular complexity index is 446. The molecule has 0 aromatic heterocycles. The molecule has 7 heteroatoms. The van der Waals surface area contributed by atoms with Crippen LogP contribution in [-0.2, 0) is 28.5 Å². The van der Waals surface area contributed by atoms with E-state index in [9.17, 15) is 14.4 Å². The molecular formula is C17H28O7. The monoisotopic (exact) mass is 344 g/mol. The molecule has 7 nitrogen and oxygen atoms in total. The van der Waals surface area contributed by atoms with Gasteiger partial charge in [0.1, 0.15) is 6.10 Å². The normalized spacial score (nSPS) is 24.8. The van der Waals surface area contributed by atoms with Gasteiger partial charge in [-0.15, -0.1) is 0 Å². The second-order valence-corrected chi connectivity index (χ2v) is 6.64. The number of esters is 2. The van der Waals surface area contributed by atoms with Crippen molar-refractivity contribution in [3.05, 3.63) is 0 Å². The topological polar surface area (TPSA) is 88.1 Å². The first-order valence-electron chi connectivity index (χ1n) is 8.30. The van der Waals surface area contributed by atoms with E-state index in [1.807, 2.05) is 0 Å². The Kier molecular flexibility index (Phi) is 8.01. The van der Waals surface area contributed by atoms with Crippen LogP contribution >= 0.6 is 0 Å². The second-order valence-electron chi connectivity index (χ2n) is 6.64. The number of carbonyl (C=O) groups excluding carboxylic acids is 3. The first-order chi connectivity index (χ1) is 11.3. The lowest BCUT2D eigenvalue weighted by Gasteiger charge is -2.36. The summed E-state index contributed by atoms with van der Waals surface area (Å²) in [5, 5.41) is 0. The lowest BCUT2D eigenvalue weighted by atomic mass is 9.75. The summed E-state index contributed by atoms with van der Waals surface area (Å²) in [5.74, 6) is -0.406. The Balaban J connectivity index is 2.68. The quantitative estimate of drug-likeness (QED) is 0.540. The minimum atomic E-state index is -1.37. The fraction of sp³-hybridized carbons (Fsp3) is 0.824. The van der Waals surface area contributed by atoms with Crippen molar-refractivity contribution in [1.82, 2.24) is 0 Å². The Morgan fingerprint density at radius 2 is 1.75 bits per heavy atom. The Morgan fingerprint density at radius 1 is 1.08 bits per heavy atom. The Morgan fingerprint density at radius 3 is 2.29 bits per heavy atom. The van der Waals surface area contributed by atoms with Crippen molar-refractivity contribution in [2.75, 3.05) is 14.2 Å². The summed E-state index contributed by atoms with van der Waals surface area (Å²) in [6.07, 6.45) is -0.139. The van der Waals surface area contributed by atoms with E-state index in [0.717, 1.165) is 26.4 Å². The molecule has 0 spiro atoms. The summed E-state index contributed by atoms with van der Waals surface area (Å²) in [6, 6.07) is 0. The molecule has 0 unspecified atom stereocenters. The van der Waals surface area contributed by atoms with Crippen LogP contribution in [0, 0.1) is 17.8 Å². The van der Waals surface area contributed by atoms with Crippen LogP contribution in [0.1, 0.15) is 46.5 Å². The van der Waals surface area contributed by atoms with Gasteiger partial charge in [-0.3, -0.25) is 4.79 Å². The van der Waals surface area contributed by atoms with Gasteiger partial charge < -0.3 is 18.9 Å². The van der Waals surface area contributed by atoms with Gasteiger partial charge >= 0.3 is 18.1 Å². The minimum Gasteiger partial charge on any atom is -0.469 e. The van der Waals surface area contributed by atoms with Crippen molar-refractivity contribution in [3.63, 3.8) is 0 Å². The maximum atomic E-state index is 12.1. The zero-order chi connectivity index (χ0) is 18.3. The van der Waals surface area contributed by atoms with Gasteiger partial charge in [0.25, 0.3) is 0 Å². The molecule has 0 bridgehead atoms. The molecule has 0 heterocycles. The highest BCUT2D eigenvalue weighted by Crippen LogP contribution is 2.35. The van der Waals surface area contributed by atoms with Crippen LogP contribution in [0.5, 0.6) is 0 Å². The van der Waals surface area contributed by atoms with Crippen LogP contribution < -0.4 is 0 Å². The van der Waals surface area contributed by atoms with E-state index < -0.39 is 30.6 Å². The maximum Gasteiger partial charge on any atom is 0.509 e. The third-order valence-corrected chi connectivity index (χ3v) is 4.49. The molecule has 1 aliphatic rings. The van der Waals surface area contributed by atoms with Crippen LogP contribution in [-0.4, -0.2) is 44.5 Å². The number of carbonyl (C=O) groups is 3. The molecule has 1 saturated carbocycles. The highest BCUT2D eigenvalue weighted by atomic mass is 16.7. The van der Waals surface area contributed by atoms with E-state index in [-0.39, 0.29) is 12.0 Å². The summed E-state index contributed by atoms with van der Waals surface area (Å²) in [6.45, 7) is 6.31. The molecule has 0 aliphatic heterocycles. The maximum absolute atomic E-state index is 12.1. The van der Waals surface area contributed by atoms with E-state index in [1.54, 1.807) is 0 Å². The van der Waals surface area contributed by atoms with Gasteiger partial charge in [-0.25, -0.2) is 9.59 Å². The van der Waals surface area contributed by atoms with Crippen molar-refractivity contribution in [1.29, 1.82) is 0 Å². The first-order valence-corrected chi connectivity index (χ1v) is 8.30. The van der Waals surface area contributed by atoms with E-state index in [4.69, 9.17) is 9.47 Å². The summed E-state index contributed by atoms with van der Waals surface area (Å²) in [5.41, 5.74) is 0. The van der Waals surface area contributed by atoms with Crippen LogP contribution in [0.15, 0.2) is 0 Å². The zero-order valence-corrected chi connectivity index (χ0v) is 15.1. The molecule has 1 fully saturated rings.